The molecule has 0 spiro atoms. The van der Waals surface area contributed by atoms with E-state index in [0.717, 1.165) is 4.68 Å². The fourth-order valence-corrected chi connectivity index (χ4v) is 2.75. The Bertz CT molecular complexity index is 737. The van der Waals surface area contributed by atoms with E-state index < -0.39 is 24.2 Å². The van der Waals surface area contributed by atoms with Crippen LogP contribution in [0.5, 0.6) is 0 Å². The standard InChI is InChI=1S/C16H19F3N4O2/c1-9(2)8-20-15(24)11-7-14-21-10(12-4-3-5-25-12)6-13(16(17,18)19)23(14)22-11/h3-5,7,9-10,13,21H,6,8H2,1-2H3,(H,20,24)/t10-,13+/m1/s1. The topological polar surface area (TPSA) is 72.1 Å². The highest BCUT2D eigenvalue weighted by molar-refractivity contribution is 5.93. The molecule has 0 aromatic carbocycles. The number of furan rings is 1. The smallest absolute Gasteiger partial charge is 0.410 e. The van der Waals surface area contributed by atoms with Crippen molar-refractivity contribution in [3.05, 3.63) is 35.9 Å². The second-order valence-electron chi connectivity index (χ2n) is 6.47. The van der Waals surface area contributed by atoms with Gasteiger partial charge in [-0.2, -0.15) is 18.3 Å². The lowest BCUT2D eigenvalue weighted by atomic mass is 10.0. The second kappa shape index (κ2) is 6.45. The van der Waals surface area contributed by atoms with Gasteiger partial charge >= 0.3 is 6.18 Å². The van der Waals surface area contributed by atoms with Gasteiger partial charge in [0.2, 0.25) is 0 Å². The molecular weight excluding hydrogens is 337 g/mol. The summed E-state index contributed by atoms with van der Waals surface area (Å²) in [6.45, 7) is 4.27. The molecule has 0 saturated carbocycles. The predicted molar refractivity (Wildman–Crippen MR) is 84.2 cm³/mol. The normalized spacial score (nSPS) is 20.2. The van der Waals surface area contributed by atoms with Crippen molar-refractivity contribution < 1.29 is 22.4 Å². The summed E-state index contributed by atoms with van der Waals surface area (Å²) in [6.07, 6.45) is -3.34. The number of alkyl halides is 3. The molecule has 136 valence electrons. The van der Waals surface area contributed by atoms with Crippen LogP contribution in [0.2, 0.25) is 0 Å². The van der Waals surface area contributed by atoms with Crippen LogP contribution in [0, 0.1) is 5.92 Å². The van der Waals surface area contributed by atoms with Crippen molar-refractivity contribution in [2.75, 3.05) is 11.9 Å². The third kappa shape index (κ3) is 3.64. The number of rotatable bonds is 4. The summed E-state index contributed by atoms with van der Waals surface area (Å²) >= 11 is 0. The highest BCUT2D eigenvalue weighted by Gasteiger charge is 2.47. The van der Waals surface area contributed by atoms with Crippen molar-refractivity contribution >= 4 is 11.7 Å². The largest absolute Gasteiger partial charge is 0.467 e. The fraction of sp³-hybridized carbons (Fsp3) is 0.500. The zero-order valence-corrected chi connectivity index (χ0v) is 13.8. The maximum absolute atomic E-state index is 13.5. The van der Waals surface area contributed by atoms with E-state index in [0.29, 0.717) is 12.3 Å². The first-order chi connectivity index (χ1) is 11.8. The maximum Gasteiger partial charge on any atom is 0.410 e. The van der Waals surface area contributed by atoms with Crippen LogP contribution in [0.1, 0.15) is 48.6 Å². The van der Waals surface area contributed by atoms with Gasteiger partial charge in [-0.15, -0.1) is 0 Å². The summed E-state index contributed by atoms with van der Waals surface area (Å²) in [4.78, 5) is 12.1. The van der Waals surface area contributed by atoms with Gasteiger partial charge in [0.25, 0.3) is 5.91 Å². The minimum absolute atomic E-state index is 0.0440. The molecule has 2 atom stereocenters. The lowest BCUT2D eigenvalue weighted by Crippen LogP contribution is -2.35. The predicted octanol–water partition coefficient (Wildman–Crippen LogP) is 3.52. The highest BCUT2D eigenvalue weighted by atomic mass is 19.4. The molecule has 0 unspecified atom stereocenters. The summed E-state index contributed by atoms with van der Waals surface area (Å²) < 4.78 is 46.5. The third-order valence-electron chi connectivity index (χ3n) is 3.98. The first kappa shape index (κ1) is 17.4. The van der Waals surface area contributed by atoms with Crippen molar-refractivity contribution in [2.45, 2.75) is 38.5 Å². The first-order valence-electron chi connectivity index (χ1n) is 8.00. The molecule has 0 aliphatic carbocycles. The summed E-state index contributed by atoms with van der Waals surface area (Å²) in [6, 6.07) is 2.11. The number of halogens is 3. The molecule has 9 heteroatoms. The van der Waals surface area contributed by atoms with Crippen molar-refractivity contribution in [1.29, 1.82) is 0 Å². The summed E-state index contributed by atoms with van der Waals surface area (Å²) in [5.74, 6) is 0.288. The molecule has 3 rings (SSSR count). The van der Waals surface area contributed by atoms with E-state index in [-0.39, 0.29) is 23.9 Å². The van der Waals surface area contributed by atoms with Gasteiger partial charge < -0.3 is 15.1 Å². The van der Waals surface area contributed by atoms with E-state index in [9.17, 15) is 18.0 Å². The van der Waals surface area contributed by atoms with Crippen LogP contribution in [0.4, 0.5) is 19.0 Å². The molecule has 1 amide bonds. The van der Waals surface area contributed by atoms with Crippen LogP contribution in [0.25, 0.3) is 0 Å². The molecule has 2 N–H and O–H groups in total. The number of hydrogen-bond acceptors (Lipinski definition) is 4. The van der Waals surface area contributed by atoms with Crippen molar-refractivity contribution in [1.82, 2.24) is 15.1 Å². The van der Waals surface area contributed by atoms with Crippen LogP contribution in [0.3, 0.4) is 0 Å². The van der Waals surface area contributed by atoms with Crippen LogP contribution in [-0.4, -0.2) is 28.4 Å². The number of nitrogens with zero attached hydrogens (tertiary/aromatic N) is 2. The average Bonchev–Trinajstić information content (AvgIpc) is 3.19. The van der Waals surface area contributed by atoms with Crippen LogP contribution in [0.15, 0.2) is 28.9 Å². The van der Waals surface area contributed by atoms with Gasteiger partial charge in [0.05, 0.1) is 12.3 Å². The molecule has 2 aromatic heterocycles. The monoisotopic (exact) mass is 356 g/mol. The molecular formula is C16H19F3N4O2. The van der Waals surface area contributed by atoms with Crippen LogP contribution in [-0.2, 0) is 0 Å². The third-order valence-corrected chi connectivity index (χ3v) is 3.98. The lowest BCUT2D eigenvalue weighted by Gasteiger charge is -2.32. The van der Waals surface area contributed by atoms with Gasteiger partial charge in [-0.25, -0.2) is 4.68 Å². The van der Waals surface area contributed by atoms with Crippen LogP contribution < -0.4 is 10.6 Å². The minimum Gasteiger partial charge on any atom is -0.467 e. The molecule has 0 radical (unpaired) electrons. The average molecular weight is 356 g/mol. The fourth-order valence-electron chi connectivity index (χ4n) is 2.75. The van der Waals surface area contributed by atoms with Gasteiger partial charge in [0.1, 0.15) is 11.6 Å². The second-order valence-corrected chi connectivity index (χ2v) is 6.47. The number of hydrogen-bond donors (Lipinski definition) is 2. The van der Waals surface area contributed by atoms with E-state index in [4.69, 9.17) is 4.42 Å². The Hall–Kier alpha value is -2.45. The molecule has 0 bridgehead atoms. The quantitative estimate of drug-likeness (QED) is 0.879. The van der Waals surface area contributed by atoms with E-state index >= 15 is 0 Å². The number of carbonyl (C=O) groups excluding carboxylic acids is 1. The van der Waals surface area contributed by atoms with Gasteiger partial charge in [-0.1, -0.05) is 13.8 Å². The lowest BCUT2D eigenvalue weighted by molar-refractivity contribution is -0.174. The van der Waals surface area contributed by atoms with Crippen molar-refractivity contribution in [3.63, 3.8) is 0 Å². The minimum atomic E-state index is -4.49. The van der Waals surface area contributed by atoms with Crippen molar-refractivity contribution in [3.8, 4) is 0 Å². The Morgan fingerprint density at radius 3 is 2.88 bits per heavy atom. The first-order valence-corrected chi connectivity index (χ1v) is 8.00. The maximum atomic E-state index is 13.5. The van der Waals surface area contributed by atoms with Gasteiger partial charge in [0.15, 0.2) is 11.7 Å². The Morgan fingerprint density at radius 1 is 1.52 bits per heavy atom. The van der Waals surface area contributed by atoms with Gasteiger partial charge in [-0.3, -0.25) is 4.79 Å². The Morgan fingerprint density at radius 2 is 2.28 bits per heavy atom. The molecule has 3 heterocycles. The molecule has 6 nitrogen and oxygen atoms in total. The van der Waals surface area contributed by atoms with E-state index in [1.165, 1.54) is 12.3 Å². The highest BCUT2D eigenvalue weighted by Crippen LogP contribution is 2.43. The number of carbonyl (C=O) groups is 1. The number of fused-ring (bicyclic) bond motifs is 1. The van der Waals surface area contributed by atoms with Crippen LogP contribution >= 0.6 is 0 Å². The molecule has 1 aliphatic heterocycles. The number of amides is 1. The zero-order valence-electron chi connectivity index (χ0n) is 13.8. The molecule has 0 fully saturated rings. The van der Waals surface area contributed by atoms with E-state index in [2.05, 4.69) is 15.7 Å². The summed E-state index contributed by atoms with van der Waals surface area (Å²) in [5.41, 5.74) is -0.0440. The SMILES string of the molecule is CC(C)CNC(=O)c1cc2n(n1)[C@H](C(F)(F)F)C[C@H](c1ccco1)N2. The Kier molecular flexibility index (Phi) is 4.49. The van der Waals surface area contributed by atoms with Gasteiger partial charge in [-0.05, 0) is 18.1 Å². The zero-order chi connectivity index (χ0) is 18.2. The summed E-state index contributed by atoms with van der Waals surface area (Å²) in [7, 11) is 0. The van der Waals surface area contributed by atoms with Crippen molar-refractivity contribution in [2.24, 2.45) is 5.92 Å². The summed E-state index contributed by atoms with van der Waals surface area (Å²) in [5, 5.41) is 9.51. The Labute approximate surface area is 142 Å². The molecule has 0 saturated heterocycles. The number of anilines is 1. The Balaban J connectivity index is 1.89. The van der Waals surface area contributed by atoms with E-state index in [1.54, 1.807) is 12.1 Å². The number of nitrogens with one attached hydrogen (secondary N) is 2. The number of aromatic nitrogens is 2. The molecule has 25 heavy (non-hydrogen) atoms. The van der Waals surface area contributed by atoms with E-state index in [1.807, 2.05) is 13.8 Å². The molecule has 2 aromatic rings. The molecule has 1 aliphatic rings. The van der Waals surface area contributed by atoms with Gasteiger partial charge in [0, 0.05) is 19.0 Å².